The van der Waals surface area contributed by atoms with Gasteiger partial charge >= 0.3 is 0 Å². The van der Waals surface area contributed by atoms with Crippen molar-refractivity contribution in [1.29, 1.82) is 0 Å². The van der Waals surface area contributed by atoms with E-state index in [1.165, 1.54) is 18.0 Å². The topological polar surface area (TPSA) is 66.9 Å². The average Bonchev–Trinajstić information content (AvgIpc) is 2.66. The molecule has 0 aliphatic rings. The number of nitrogens with zero attached hydrogens (tertiary/aromatic N) is 2. The van der Waals surface area contributed by atoms with E-state index in [2.05, 4.69) is 32.7 Å². The van der Waals surface area contributed by atoms with E-state index in [9.17, 15) is 4.79 Å². The van der Waals surface area contributed by atoms with E-state index in [-0.39, 0.29) is 5.91 Å². The molecular weight excluding hydrogens is 348 g/mol. The molecule has 2 N–H and O–H groups in total. The predicted octanol–water partition coefficient (Wildman–Crippen LogP) is 4.35. The molecule has 26 heavy (non-hydrogen) atoms. The molecule has 0 atom stereocenters. The SMILES string of the molecule is Cc1ccc(NC(=O)c2cnc(NCCc3ccccc3)nc2)cc1Cl. The Morgan fingerprint density at radius 2 is 1.81 bits per heavy atom. The first kappa shape index (κ1) is 17.9. The quantitative estimate of drug-likeness (QED) is 0.680. The van der Waals surface area contributed by atoms with Gasteiger partial charge in [-0.1, -0.05) is 48.0 Å². The second-order valence-corrected chi connectivity index (χ2v) is 6.28. The molecule has 2 aromatic carbocycles. The Kier molecular flexibility index (Phi) is 5.81. The van der Waals surface area contributed by atoms with Gasteiger partial charge in [-0.3, -0.25) is 4.79 Å². The molecular formula is C20H19ClN4O. The van der Waals surface area contributed by atoms with E-state index in [1.54, 1.807) is 12.1 Å². The molecule has 6 heteroatoms. The van der Waals surface area contributed by atoms with Gasteiger partial charge in [0.25, 0.3) is 5.91 Å². The van der Waals surface area contributed by atoms with E-state index in [0.29, 0.717) is 22.2 Å². The van der Waals surface area contributed by atoms with Gasteiger partial charge in [0.1, 0.15) is 0 Å². The minimum atomic E-state index is -0.277. The largest absolute Gasteiger partial charge is 0.354 e. The Balaban J connectivity index is 1.54. The summed E-state index contributed by atoms with van der Waals surface area (Å²) < 4.78 is 0. The average molecular weight is 367 g/mol. The molecule has 0 aliphatic heterocycles. The van der Waals surface area contributed by atoms with E-state index in [1.807, 2.05) is 31.2 Å². The lowest BCUT2D eigenvalue weighted by atomic mass is 10.1. The van der Waals surface area contributed by atoms with Crippen molar-refractivity contribution in [3.63, 3.8) is 0 Å². The van der Waals surface area contributed by atoms with Gasteiger partial charge in [-0.15, -0.1) is 0 Å². The highest BCUT2D eigenvalue weighted by Crippen LogP contribution is 2.20. The lowest BCUT2D eigenvalue weighted by Gasteiger charge is -2.08. The molecule has 0 saturated heterocycles. The minimum Gasteiger partial charge on any atom is -0.354 e. The first-order chi connectivity index (χ1) is 12.6. The maximum absolute atomic E-state index is 12.3. The van der Waals surface area contributed by atoms with Crippen LogP contribution in [0.1, 0.15) is 21.5 Å². The number of nitrogens with one attached hydrogen (secondary N) is 2. The van der Waals surface area contributed by atoms with E-state index in [4.69, 9.17) is 11.6 Å². The summed E-state index contributed by atoms with van der Waals surface area (Å²) in [6.45, 7) is 2.63. The molecule has 0 radical (unpaired) electrons. The normalized spacial score (nSPS) is 10.4. The Morgan fingerprint density at radius 3 is 2.50 bits per heavy atom. The Morgan fingerprint density at radius 1 is 1.08 bits per heavy atom. The molecule has 0 fully saturated rings. The van der Waals surface area contributed by atoms with Crippen LogP contribution in [-0.2, 0) is 6.42 Å². The molecule has 132 valence electrons. The summed E-state index contributed by atoms with van der Waals surface area (Å²) in [5, 5.41) is 6.55. The maximum atomic E-state index is 12.3. The second kappa shape index (κ2) is 8.45. The molecule has 3 aromatic rings. The number of amides is 1. The van der Waals surface area contributed by atoms with Crippen LogP contribution in [0, 0.1) is 6.92 Å². The van der Waals surface area contributed by atoms with Gasteiger partial charge < -0.3 is 10.6 Å². The molecule has 1 aromatic heterocycles. The summed E-state index contributed by atoms with van der Waals surface area (Å²) >= 11 is 6.07. The monoisotopic (exact) mass is 366 g/mol. The van der Waals surface area contributed by atoms with E-state index in [0.717, 1.165) is 18.5 Å². The van der Waals surface area contributed by atoms with Crippen molar-refractivity contribution in [1.82, 2.24) is 9.97 Å². The van der Waals surface area contributed by atoms with Gasteiger partial charge in [-0.2, -0.15) is 0 Å². The zero-order valence-corrected chi connectivity index (χ0v) is 15.1. The minimum absolute atomic E-state index is 0.277. The van der Waals surface area contributed by atoms with E-state index >= 15 is 0 Å². The highest BCUT2D eigenvalue weighted by atomic mass is 35.5. The molecule has 0 spiro atoms. The lowest BCUT2D eigenvalue weighted by Crippen LogP contribution is -2.14. The van der Waals surface area contributed by atoms with Gasteiger partial charge in [0.05, 0.1) is 5.56 Å². The number of aromatic nitrogens is 2. The zero-order chi connectivity index (χ0) is 18.4. The number of anilines is 2. The summed E-state index contributed by atoms with van der Waals surface area (Å²) in [4.78, 5) is 20.7. The van der Waals surface area contributed by atoms with Crippen LogP contribution in [0.15, 0.2) is 60.9 Å². The number of carbonyl (C=O) groups is 1. The van der Waals surface area contributed by atoms with Crippen LogP contribution in [0.3, 0.4) is 0 Å². The number of carbonyl (C=O) groups excluding carboxylic acids is 1. The first-order valence-corrected chi connectivity index (χ1v) is 8.67. The fraction of sp³-hybridized carbons (Fsp3) is 0.150. The number of hydrogen-bond donors (Lipinski definition) is 2. The molecule has 0 saturated carbocycles. The lowest BCUT2D eigenvalue weighted by molar-refractivity contribution is 0.102. The highest BCUT2D eigenvalue weighted by molar-refractivity contribution is 6.31. The summed E-state index contributed by atoms with van der Waals surface area (Å²) in [6.07, 6.45) is 3.88. The van der Waals surface area contributed by atoms with Crippen molar-refractivity contribution in [2.24, 2.45) is 0 Å². The van der Waals surface area contributed by atoms with Crippen molar-refractivity contribution in [3.8, 4) is 0 Å². The molecule has 0 aliphatic carbocycles. The molecule has 1 amide bonds. The van der Waals surface area contributed by atoms with Crippen molar-refractivity contribution in [2.75, 3.05) is 17.2 Å². The van der Waals surface area contributed by atoms with Gasteiger partial charge in [-0.25, -0.2) is 9.97 Å². The molecule has 0 bridgehead atoms. The third kappa shape index (κ3) is 4.80. The standard InChI is InChI=1S/C20H19ClN4O/c1-14-7-8-17(11-18(14)21)25-19(26)16-12-23-20(24-13-16)22-10-9-15-5-3-2-4-6-15/h2-8,11-13H,9-10H2,1H3,(H,25,26)(H,22,23,24). The number of benzene rings is 2. The van der Waals surface area contributed by atoms with Crippen LogP contribution in [0.25, 0.3) is 0 Å². The number of halogens is 1. The summed E-state index contributed by atoms with van der Waals surface area (Å²) in [5.74, 6) is 0.219. The van der Waals surface area contributed by atoms with Crippen LogP contribution in [0.4, 0.5) is 11.6 Å². The highest BCUT2D eigenvalue weighted by Gasteiger charge is 2.08. The van der Waals surface area contributed by atoms with Crippen LogP contribution >= 0.6 is 11.6 Å². The fourth-order valence-corrected chi connectivity index (χ4v) is 2.55. The third-order valence-corrected chi connectivity index (χ3v) is 4.29. The molecule has 3 rings (SSSR count). The van der Waals surface area contributed by atoms with Crippen molar-refractivity contribution in [2.45, 2.75) is 13.3 Å². The molecule has 1 heterocycles. The van der Waals surface area contributed by atoms with Gasteiger partial charge in [-0.05, 0) is 36.6 Å². The Hall–Kier alpha value is -2.92. The van der Waals surface area contributed by atoms with E-state index < -0.39 is 0 Å². The zero-order valence-electron chi connectivity index (χ0n) is 14.4. The molecule has 5 nitrogen and oxygen atoms in total. The summed E-state index contributed by atoms with van der Waals surface area (Å²) in [7, 11) is 0. The van der Waals surface area contributed by atoms with Crippen LogP contribution in [0.2, 0.25) is 5.02 Å². The third-order valence-electron chi connectivity index (χ3n) is 3.88. The summed E-state index contributed by atoms with van der Waals surface area (Å²) in [5.41, 5.74) is 3.22. The number of rotatable bonds is 6. The van der Waals surface area contributed by atoms with Gasteiger partial charge in [0, 0.05) is 29.6 Å². The first-order valence-electron chi connectivity index (χ1n) is 8.29. The van der Waals surface area contributed by atoms with Crippen LogP contribution in [0.5, 0.6) is 0 Å². The molecule has 0 unspecified atom stereocenters. The number of aryl methyl sites for hydroxylation is 1. The summed E-state index contributed by atoms with van der Waals surface area (Å²) in [6, 6.07) is 15.6. The van der Waals surface area contributed by atoms with Crippen molar-refractivity contribution < 1.29 is 4.79 Å². The van der Waals surface area contributed by atoms with Gasteiger partial charge in [0.2, 0.25) is 5.95 Å². The van der Waals surface area contributed by atoms with Crippen LogP contribution in [-0.4, -0.2) is 22.4 Å². The second-order valence-electron chi connectivity index (χ2n) is 5.88. The fourth-order valence-electron chi connectivity index (χ4n) is 2.37. The Labute approximate surface area is 157 Å². The smallest absolute Gasteiger partial charge is 0.258 e. The van der Waals surface area contributed by atoms with Gasteiger partial charge in [0.15, 0.2) is 0 Å². The maximum Gasteiger partial charge on any atom is 0.258 e. The number of hydrogen-bond acceptors (Lipinski definition) is 4. The predicted molar refractivity (Wildman–Crippen MR) is 105 cm³/mol. The van der Waals surface area contributed by atoms with Crippen LogP contribution < -0.4 is 10.6 Å². The van der Waals surface area contributed by atoms with Crippen molar-refractivity contribution >= 4 is 29.1 Å². The van der Waals surface area contributed by atoms with Crippen molar-refractivity contribution in [3.05, 3.63) is 82.6 Å². The Bertz CT molecular complexity index is 882.